The number of para-hydroxylation sites is 1. The van der Waals surface area contributed by atoms with Crippen LogP contribution in [0.25, 0.3) is 10.9 Å². The summed E-state index contributed by atoms with van der Waals surface area (Å²) < 4.78 is 0. The highest BCUT2D eigenvalue weighted by Gasteiger charge is 2.30. The van der Waals surface area contributed by atoms with Crippen LogP contribution in [0.1, 0.15) is 21.7 Å². The number of carbonyl (C=O) groups excluding carboxylic acids is 2. The molecule has 0 aliphatic carbocycles. The molecule has 0 radical (unpaired) electrons. The van der Waals surface area contributed by atoms with Crippen molar-refractivity contribution in [2.24, 2.45) is 0 Å². The summed E-state index contributed by atoms with van der Waals surface area (Å²) in [6.07, 6.45) is 3.48. The third-order valence-electron chi connectivity index (χ3n) is 4.72. The number of aromatic nitrogens is 3. The van der Waals surface area contributed by atoms with Crippen LogP contribution in [0.2, 0.25) is 0 Å². The smallest absolute Gasteiger partial charge is 0.270 e. The molecular weight excluding hydrogens is 334 g/mol. The lowest BCUT2D eigenvalue weighted by Crippen LogP contribution is -2.51. The van der Waals surface area contributed by atoms with Crippen LogP contribution < -0.4 is 5.32 Å². The van der Waals surface area contributed by atoms with Crippen molar-refractivity contribution in [1.29, 1.82) is 0 Å². The van der Waals surface area contributed by atoms with Crippen molar-refractivity contribution in [2.75, 3.05) is 13.2 Å². The van der Waals surface area contributed by atoms with Crippen molar-refractivity contribution in [3.05, 3.63) is 53.7 Å². The molecule has 4 N–H and O–H groups in total. The molecule has 8 nitrogen and oxygen atoms in total. The van der Waals surface area contributed by atoms with Gasteiger partial charge in [-0.1, -0.05) is 18.2 Å². The van der Waals surface area contributed by atoms with E-state index < -0.39 is 18.6 Å². The summed E-state index contributed by atoms with van der Waals surface area (Å²) in [6, 6.07) is 7.07. The van der Waals surface area contributed by atoms with Crippen LogP contribution in [0, 0.1) is 0 Å². The van der Waals surface area contributed by atoms with Gasteiger partial charge in [-0.05, 0) is 18.1 Å². The molecule has 0 saturated heterocycles. The number of nitrogens with zero attached hydrogens (tertiary/aromatic N) is 2. The van der Waals surface area contributed by atoms with Crippen molar-refractivity contribution in [3.8, 4) is 0 Å². The van der Waals surface area contributed by atoms with E-state index in [2.05, 4.69) is 26.3 Å². The number of imidazole rings is 1. The van der Waals surface area contributed by atoms with E-state index in [1.165, 1.54) is 23.5 Å². The highest BCUT2D eigenvalue weighted by molar-refractivity contribution is 5.96. The predicted molar refractivity (Wildman–Crippen MR) is 94.3 cm³/mol. The van der Waals surface area contributed by atoms with Gasteiger partial charge in [0.15, 0.2) is 0 Å². The summed E-state index contributed by atoms with van der Waals surface area (Å²) in [4.78, 5) is 36.4. The molecule has 0 saturated carbocycles. The van der Waals surface area contributed by atoms with Gasteiger partial charge in [-0.2, -0.15) is 0 Å². The molecule has 1 aliphatic heterocycles. The maximum atomic E-state index is 12.8. The Bertz CT molecular complexity index is 947. The lowest BCUT2D eigenvalue weighted by atomic mass is 10.0. The summed E-state index contributed by atoms with van der Waals surface area (Å²) >= 11 is 0. The van der Waals surface area contributed by atoms with Crippen LogP contribution in [0.3, 0.4) is 0 Å². The van der Waals surface area contributed by atoms with Gasteiger partial charge in [-0.3, -0.25) is 9.59 Å². The zero-order chi connectivity index (χ0) is 18.1. The number of hydrogen-bond acceptors (Lipinski definition) is 4. The Morgan fingerprint density at radius 1 is 1.35 bits per heavy atom. The van der Waals surface area contributed by atoms with E-state index in [0.29, 0.717) is 13.1 Å². The molecule has 1 aliphatic rings. The summed E-state index contributed by atoms with van der Waals surface area (Å²) in [7, 11) is 0. The monoisotopic (exact) mass is 353 g/mol. The summed E-state index contributed by atoms with van der Waals surface area (Å²) in [6.45, 7) is 0.512. The number of amides is 2. The van der Waals surface area contributed by atoms with Crippen molar-refractivity contribution in [3.63, 3.8) is 0 Å². The maximum Gasteiger partial charge on any atom is 0.270 e. The van der Waals surface area contributed by atoms with Gasteiger partial charge in [-0.15, -0.1) is 0 Å². The second-order valence-corrected chi connectivity index (χ2v) is 6.31. The van der Waals surface area contributed by atoms with Crippen molar-refractivity contribution >= 4 is 22.7 Å². The minimum absolute atomic E-state index is 0.243. The minimum Gasteiger partial charge on any atom is -0.394 e. The van der Waals surface area contributed by atoms with Gasteiger partial charge in [0, 0.05) is 23.1 Å². The topological polar surface area (TPSA) is 114 Å². The molecule has 0 bridgehead atoms. The van der Waals surface area contributed by atoms with Crippen molar-refractivity contribution in [1.82, 2.24) is 25.2 Å². The maximum absolute atomic E-state index is 12.8. The van der Waals surface area contributed by atoms with Gasteiger partial charge in [-0.25, -0.2) is 4.98 Å². The molecular formula is C18H19N5O3. The Labute approximate surface area is 149 Å². The molecule has 4 rings (SSSR count). The lowest BCUT2D eigenvalue weighted by molar-refractivity contribution is -0.135. The summed E-state index contributed by atoms with van der Waals surface area (Å²) in [5.74, 6) is -0.775. The number of aliphatic hydroxyl groups is 1. The Balaban J connectivity index is 1.50. The van der Waals surface area contributed by atoms with E-state index in [1.54, 1.807) is 4.90 Å². The number of fused-ring (bicyclic) bond motifs is 3. The summed E-state index contributed by atoms with van der Waals surface area (Å²) in [5, 5.41) is 13.3. The highest BCUT2D eigenvalue weighted by atomic mass is 16.3. The number of aliphatic hydroxyl groups excluding tert-OH is 1. The van der Waals surface area contributed by atoms with Crippen LogP contribution in [-0.4, -0.2) is 56.0 Å². The quantitative estimate of drug-likeness (QED) is 0.549. The molecule has 0 fully saturated rings. The Morgan fingerprint density at radius 2 is 2.19 bits per heavy atom. The van der Waals surface area contributed by atoms with Crippen LogP contribution in [-0.2, 0) is 17.8 Å². The highest BCUT2D eigenvalue weighted by Crippen LogP contribution is 2.27. The molecule has 134 valence electrons. The molecule has 2 aromatic heterocycles. The average Bonchev–Trinajstić information content (AvgIpc) is 3.32. The second kappa shape index (κ2) is 6.64. The first-order valence-electron chi connectivity index (χ1n) is 8.44. The van der Waals surface area contributed by atoms with Gasteiger partial charge in [0.05, 0.1) is 25.7 Å². The molecule has 1 aromatic carbocycles. The molecule has 3 aromatic rings. The standard InChI is InChI=1S/C18H19N5O3/c24-9-16(22-17(25)14-7-19-10-20-14)18(26)23-6-5-12-11-3-1-2-4-13(11)21-15(12)8-23/h1-4,7,10,16,21,24H,5-6,8-9H2,(H,19,20)(H,22,25). The fourth-order valence-electron chi connectivity index (χ4n) is 3.40. The predicted octanol–water partition coefficient (Wildman–Crippen LogP) is 0.567. The number of carbonyl (C=O) groups is 2. The van der Waals surface area contributed by atoms with E-state index in [4.69, 9.17) is 0 Å². The van der Waals surface area contributed by atoms with Crippen LogP contribution in [0.5, 0.6) is 0 Å². The van der Waals surface area contributed by atoms with Gasteiger partial charge in [0.25, 0.3) is 5.91 Å². The Hall–Kier alpha value is -3.13. The Kier molecular flexibility index (Phi) is 4.18. The third-order valence-corrected chi connectivity index (χ3v) is 4.72. The third kappa shape index (κ3) is 2.84. The number of rotatable bonds is 4. The molecule has 3 heterocycles. The number of aromatic amines is 2. The van der Waals surface area contributed by atoms with E-state index in [0.717, 1.165) is 17.6 Å². The van der Waals surface area contributed by atoms with Gasteiger partial charge in [0.2, 0.25) is 5.91 Å². The fraction of sp³-hybridized carbons (Fsp3) is 0.278. The Morgan fingerprint density at radius 3 is 2.96 bits per heavy atom. The van der Waals surface area contributed by atoms with E-state index in [-0.39, 0.29) is 11.6 Å². The number of H-pyrrole nitrogens is 2. The average molecular weight is 353 g/mol. The first kappa shape index (κ1) is 16.3. The second-order valence-electron chi connectivity index (χ2n) is 6.31. The van der Waals surface area contributed by atoms with Gasteiger partial charge in [0.1, 0.15) is 11.7 Å². The zero-order valence-corrected chi connectivity index (χ0v) is 14.0. The first-order chi connectivity index (χ1) is 12.7. The zero-order valence-electron chi connectivity index (χ0n) is 14.0. The molecule has 1 atom stereocenters. The van der Waals surface area contributed by atoms with Crippen LogP contribution in [0.4, 0.5) is 0 Å². The molecule has 1 unspecified atom stereocenters. The SMILES string of the molecule is O=C(NC(CO)C(=O)N1CCc2c([nH]c3ccccc23)C1)c1cnc[nH]1. The van der Waals surface area contributed by atoms with E-state index in [9.17, 15) is 14.7 Å². The number of benzene rings is 1. The largest absolute Gasteiger partial charge is 0.394 e. The van der Waals surface area contributed by atoms with Gasteiger partial charge < -0.3 is 25.3 Å². The van der Waals surface area contributed by atoms with E-state index >= 15 is 0 Å². The van der Waals surface area contributed by atoms with Crippen LogP contribution >= 0.6 is 0 Å². The normalized spacial score (nSPS) is 14.9. The number of hydrogen-bond donors (Lipinski definition) is 4. The summed E-state index contributed by atoms with van der Waals surface area (Å²) in [5.41, 5.74) is 3.53. The lowest BCUT2D eigenvalue weighted by Gasteiger charge is -2.30. The number of nitrogens with one attached hydrogen (secondary N) is 3. The van der Waals surface area contributed by atoms with Gasteiger partial charge >= 0.3 is 0 Å². The van der Waals surface area contributed by atoms with Crippen molar-refractivity contribution < 1.29 is 14.7 Å². The van der Waals surface area contributed by atoms with Crippen LogP contribution in [0.15, 0.2) is 36.8 Å². The molecule has 2 amide bonds. The van der Waals surface area contributed by atoms with E-state index in [1.807, 2.05) is 18.2 Å². The molecule has 8 heteroatoms. The molecule has 0 spiro atoms. The van der Waals surface area contributed by atoms with Crippen molar-refractivity contribution in [2.45, 2.75) is 19.0 Å². The minimum atomic E-state index is -0.989. The fourth-order valence-corrected chi connectivity index (χ4v) is 3.40. The molecule has 26 heavy (non-hydrogen) atoms. The first-order valence-corrected chi connectivity index (χ1v) is 8.44.